The lowest BCUT2D eigenvalue weighted by Gasteiger charge is -2.29. The van der Waals surface area contributed by atoms with Crippen molar-refractivity contribution in [2.24, 2.45) is 0 Å². The number of carbonyl (C=O) groups excluding carboxylic acids is 5. The number of esters is 3. The summed E-state index contributed by atoms with van der Waals surface area (Å²) in [5.74, 6) is -4.00. The number of hydrogen-bond donors (Lipinski definition) is 1. The monoisotopic (exact) mass is 752 g/mol. The molecular weight excluding hydrogens is 717 g/mol. The second-order valence-corrected chi connectivity index (χ2v) is 12.3. The Kier molecular flexibility index (Phi) is 13.0. The van der Waals surface area contributed by atoms with E-state index in [1.807, 2.05) is 0 Å². The van der Waals surface area contributed by atoms with Gasteiger partial charge in [0.15, 0.2) is 0 Å². The van der Waals surface area contributed by atoms with Crippen molar-refractivity contribution in [1.29, 1.82) is 0 Å². The molecule has 14 heteroatoms. The molecule has 0 saturated carbocycles. The van der Waals surface area contributed by atoms with Crippen LogP contribution in [-0.2, 0) is 46.6 Å². The fourth-order valence-corrected chi connectivity index (χ4v) is 5.49. The Balaban J connectivity index is 1.60. The highest BCUT2D eigenvalue weighted by Crippen LogP contribution is 2.33. The van der Waals surface area contributed by atoms with Gasteiger partial charge in [-0.1, -0.05) is 60.1 Å². The first kappa shape index (κ1) is 40.1. The first-order valence-electron chi connectivity index (χ1n) is 16.3. The fourth-order valence-electron chi connectivity index (χ4n) is 5.36. The zero-order valence-electron chi connectivity index (χ0n) is 29.2. The third-order valence-corrected chi connectivity index (χ3v) is 8.30. The van der Waals surface area contributed by atoms with Crippen LogP contribution in [0.5, 0.6) is 0 Å². The van der Waals surface area contributed by atoms with Crippen LogP contribution in [-0.4, -0.2) is 68.5 Å². The minimum Gasteiger partial charge on any atom is -0.465 e. The van der Waals surface area contributed by atoms with Gasteiger partial charge in [0, 0.05) is 24.7 Å². The predicted molar refractivity (Wildman–Crippen MR) is 190 cm³/mol. The van der Waals surface area contributed by atoms with Gasteiger partial charge in [0.2, 0.25) is 5.41 Å². The number of anilines is 1. The van der Waals surface area contributed by atoms with Gasteiger partial charge in [-0.15, -0.1) is 0 Å². The quantitative estimate of drug-likeness (QED) is 0.0869. The first-order chi connectivity index (χ1) is 25.1. The Bertz CT molecular complexity index is 1960. The number of ether oxygens (including phenoxy) is 3. The van der Waals surface area contributed by atoms with Crippen molar-refractivity contribution in [3.63, 3.8) is 0 Å². The molecule has 0 aliphatic carbocycles. The van der Waals surface area contributed by atoms with Crippen LogP contribution in [0.3, 0.4) is 0 Å². The molecule has 0 saturated heterocycles. The van der Waals surface area contributed by atoms with E-state index in [2.05, 4.69) is 5.32 Å². The molecule has 4 aromatic carbocycles. The van der Waals surface area contributed by atoms with Crippen molar-refractivity contribution in [3.8, 4) is 11.1 Å². The number of alkyl halides is 3. The summed E-state index contributed by atoms with van der Waals surface area (Å²) in [6.07, 6.45) is -4.93. The molecule has 0 unspecified atom stereocenters. The van der Waals surface area contributed by atoms with Crippen LogP contribution in [0.15, 0.2) is 91.0 Å². The van der Waals surface area contributed by atoms with E-state index >= 15 is 0 Å². The lowest BCUT2D eigenvalue weighted by atomic mass is 9.81. The second-order valence-electron chi connectivity index (χ2n) is 11.8. The molecule has 278 valence electrons. The summed E-state index contributed by atoms with van der Waals surface area (Å²) < 4.78 is 55.4. The van der Waals surface area contributed by atoms with Crippen molar-refractivity contribution < 1.29 is 51.4 Å². The van der Waals surface area contributed by atoms with Gasteiger partial charge < -0.3 is 24.4 Å². The third kappa shape index (κ3) is 9.41. The van der Waals surface area contributed by atoms with Gasteiger partial charge >= 0.3 is 24.1 Å². The molecule has 4 rings (SSSR count). The maximum atomic E-state index is 13.6. The van der Waals surface area contributed by atoms with Crippen molar-refractivity contribution in [2.45, 2.75) is 31.9 Å². The molecule has 1 N–H and O–H groups in total. The standard InChI is InChI=1S/C39H36ClF3N2O8/c1-5-51-36(49)38(37(50)52-6-2,26-16-18-28(40)19-17-26)23-53-33(46)22-24-11-20-32(31(21-24)35(48)45(3)4)44-34(47)30-10-8-7-9-29(30)25-12-14-27(15-13-25)39(41,42)43/h7-21H,5-6,22-23H2,1-4H3,(H,44,47). The number of nitrogens with zero attached hydrogens (tertiary/aromatic N) is 1. The van der Waals surface area contributed by atoms with Crippen LogP contribution in [0.25, 0.3) is 11.1 Å². The molecule has 0 spiro atoms. The summed E-state index contributed by atoms with van der Waals surface area (Å²) >= 11 is 6.04. The van der Waals surface area contributed by atoms with Gasteiger partial charge in [-0.05, 0) is 78.6 Å². The van der Waals surface area contributed by atoms with Crippen LogP contribution in [0.2, 0.25) is 5.02 Å². The number of halogens is 4. The summed E-state index contributed by atoms with van der Waals surface area (Å²) in [7, 11) is 2.99. The van der Waals surface area contributed by atoms with Gasteiger partial charge in [-0.2, -0.15) is 13.2 Å². The summed E-state index contributed by atoms with van der Waals surface area (Å²) in [5.41, 5.74) is -1.59. The first-order valence-corrected chi connectivity index (χ1v) is 16.7. The molecule has 4 aromatic rings. The number of amides is 2. The second kappa shape index (κ2) is 17.2. The summed E-state index contributed by atoms with van der Waals surface area (Å²) in [4.78, 5) is 68.1. The van der Waals surface area contributed by atoms with Gasteiger partial charge in [0.25, 0.3) is 11.8 Å². The van der Waals surface area contributed by atoms with Crippen molar-refractivity contribution in [1.82, 2.24) is 4.90 Å². The van der Waals surface area contributed by atoms with Crippen LogP contribution < -0.4 is 5.32 Å². The van der Waals surface area contributed by atoms with E-state index in [0.29, 0.717) is 21.7 Å². The molecule has 0 radical (unpaired) electrons. The topological polar surface area (TPSA) is 128 Å². The molecule has 0 atom stereocenters. The molecule has 0 heterocycles. The van der Waals surface area contributed by atoms with E-state index in [1.54, 1.807) is 32.0 Å². The average molecular weight is 753 g/mol. The van der Waals surface area contributed by atoms with E-state index in [4.69, 9.17) is 25.8 Å². The predicted octanol–water partition coefficient (Wildman–Crippen LogP) is 7.13. The van der Waals surface area contributed by atoms with Crippen molar-refractivity contribution in [3.05, 3.63) is 124 Å². The minimum atomic E-state index is -4.53. The molecule has 0 aliphatic heterocycles. The molecule has 0 bridgehead atoms. The average Bonchev–Trinajstić information content (AvgIpc) is 3.12. The van der Waals surface area contributed by atoms with Gasteiger partial charge in [-0.3, -0.25) is 24.0 Å². The molecule has 53 heavy (non-hydrogen) atoms. The number of nitrogens with one attached hydrogen (secondary N) is 1. The van der Waals surface area contributed by atoms with Gasteiger partial charge in [0.1, 0.15) is 6.61 Å². The third-order valence-electron chi connectivity index (χ3n) is 8.05. The zero-order valence-corrected chi connectivity index (χ0v) is 30.0. The maximum Gasteiger partial charge on any atom is 0.416 e. The Labute approximate surface area is 308 Å². The number of hydrogen-bond acceptors (Lipinski definition) is 8. The van der Waals surface area contributed by atoms with Crippen LogP contribution in [0.4, 0.5) is 18.9 Å². The van der Waals surface area contributed by atoms with Crippen molar-refractivity contribution in [2.75, 3.05) is 39.2 Å². The highest BCUT2D eigenvalue weighted by molar-refractivity contribution is 6.30. The Morgan fingerprint density at radius 3 is 1.89 bits per heavy atom. The number of benzene rings is 4. The largest absolute Gasteiger partial charge is 0.465 e. The van der Waals surface area contributed by atoms with E-state index < -0.39 is 59.9 Å². The summed E-state index contributed by atoms with van der Waals surface area (Å²) in [5, 5.41) is 3.04. The smallest absolute Gasteiger partial charge is 0.416 e. The molecular formula is C39H36ClF3N2O8. The van der Waals surface area contributed by atoms with E-state index in [0.717, 1.165) is 12.1 Å². The van der Waals surface area contributed by atoms with E-state index in [1.165, 1.54) is 79.7 Å². The number of rotatable bonds is 13. The molecule has 0 fully saturated rings. The fraction of sp³-hybridized carbons (Fsp3) is 0.256. The van der Waals surface area contributed by atoms with Crippen LogP contribution in [0, 0.1) is 0 Å². The molecule has 0 aliphatic rings. The SMILES string of the molecule is CCOC(=O)C(COC(=O)Cc1ccc(NC(=O)c2ccccc2-c2ccc(C(F)(F)F)cc2)c(C(=O)N(C)C)c1)(C(=O)OCC)c1ccc(Cl)cc1. The zero-order chi connectivity index (χ0) is 38.9. The lowest BCUT2D eigenvalue weighted by molar-refractivity contribution is -0.170. The summed E-state index contributed by atoms with van der Waals surface area (Å²) in [6, 6.07) is 20.8. The highest BCUT2D eigenvalue weighted by Gasteiger charge is 2.52. The Morgan fingerprint density at radius 2 is 1.32 bits per heavy atom. The number of carbonyl (C=O) groups is 5. The van der Waals surface area contributed by atoms with E-state index in [-0.39, 0.29) is 35.6 Å². The summed E-state index contributed by atoms with van der Waals surface area (Å²) in [6.45, 7) is 2.19. The van der Waals surface area contributed by atoms with E-state index in [9.17, 15) is 37.1 Å². The normalized spacial score (nSPS) is 11.3. The van der Waals surface area contributed by atoms with Crippen LogP contribution in [0.1, 0.15) is 51.3 Å². The van der Waals surface area contributed by atoms with Crippen LogP contribution >= 0.6 is 11.6 Å². The molecule has 10 nitrogen and oxygen atoms in total. The lowest BCUT2D eigenvalue weighted by Crippen LogP contribution is -2.50. The van der Waals surface area contributed by atoms with Gasteiger partial charge in [0.05, 0.1) is 36.4 Å². The van der Waals surface area contributed by atoms with Gasteiger partial charge in [-0.25, -0.2) is 0 Å². The maximum absolute atomic E-state index is 13.6. The molecule has 0 aromatic heterocycles. The Morgan fingerprint density at radius 1 is 0.736 bits per heavy atom. The van der Waals surface area contributed by atoms with Crippen molar-refractivity contribution >= 4 is 47.0 Å². The Hall–Kier alpha value is -5.69. The molecule has 2 amide bonds. The minimum absolute atomic E-state index is 0.0224. The highest BCUT2D eigenvalue weighted by atomic mass is 35.5.